The van der Waals surface area contributed by atoms with Crippen molar-refractivity contribution in [3.8, 4) is 0 Å². The molecule has 1 N–H and O–H groups in total. The van der Waals surface area contributed by atoms with Gasteiger partial charge in [0.15, 0.2) is 0 Å². The molecule has 0 spiro atoms. The molecule has 0 aromatic carbocycles. The number of hydrogen-bond donors (Lipinski definition) is 1. The summed E-state index contributed by atoms with van der Waals surface area (Å²) in [5, 5.41) is 0. The van der Waals surface area contributed by atoms with E-state index in [1.165, 1.54) is 0 Å². The van der Waals surface area contributed by atoms with Crippen molar-refractivity contribution < 1.29 is 39.2 Å². The van der Waals surface area contributed by atoms with Gasteiger partial charge in [0.1, 0.15) is 0 Å². The summed E-state index contributed by atoms with van der Waals surface area (Å²) in [6.07, 6.45) is 0. The predicted molar refractivity (Wildman–Crippen MR) is 7.97 cm³/mol. The fourth-order valence-electron chi connectivity index (χ4n) is 0. The number of hydrogen-bond acceptors (Lipinski definition) is 5. The molecule has 0 aromatic rings. The summed E-state index contributed by atoms with van der Waals surface area (Å²) in [6.45, 7) is 0. The molecule has 5 nitrogen and oxygen atoms in total. The Labute approximate surface area is 49.0 Å². The zero-order valence-corrected chi connectivity index (χ0v) is 4.88. The maximum atomic E-state index is 8.58. The van der Waals surface area contributed by atoms with Crippen molar-refractivity contribution in [3.05, 3.63) is 0 Å². The summed E-state index contributed by atoms with van der Waals surface area (Å²) in [6, 6.07) is 0. The first-order valence-corrected chi connectivity index (χ1v) is 3.03. The van der Waals surface area contributed by atoms with Crippen LogP contribution in [0.3, 0.4) is 0 Å². The first-order valence-electron chi connectivity index (χ1n) is 0.958. The van der Waals surface area contributed by atoms with Gasteiger partial charge in [0.2, 0.25) is 0 Å². The summed E-state index contributed by atoms with van der Waals surface area (Å²) in [5.74, 6) is 0. The van der Waals surface area contributed by atoms with Crippen LogP contribution in [0.2, 0.25) is 0 Å². The molecule has 0 rings (SSSR count). The molecule has 0 saturated carbocycles. The van der Waals surface area contributed by atoms with E-state index in [2.05, 4.69) is 15.8 Å². The molecule has 0 unspecified atom stereocenters. The predicted octanol–water partition coefficient (Wildman–Crippen LogP) is -5.70. The molecule has 0 fully saturated rings. The monoisotopic (exact) mass is 167 g/mol. The molecule has 0 aliphatic rings. The third-order valence-electron chi connectivity index (χ3n) is 0. The molecule has 0 saturated heterocycles. The van der Waals surface area contributed by atoms with E-state index < -0.39 is 9.05 Å². The first-order chi connectivity index (χ1) is 3.00. The Hall–Kier alpha value is 0.510. The molecule has 0 atom stereocenters. The van der Waals surface area contributed by atoms with Crippen LogP contribution in [-0.4, -0.2) is 13.3 Å². The van der Waals surface area contributed by atoms with Gasteiger partial charge >= 0.3 is 20.0 Å². The molecule has 7 heavy (non-hydrogen) atoms. The van der Waals surface area contributed by atoms with E-state index in [9.17, 15) is 0 Å². The van der Waals surface area contributed by atoms with Gasteiger partial charge in [-0.05, 0) is 0 Å². The van der Waals surface area contributed by atoms with Crippen LogP contribution in [0.25, 0.3) is 0 Å². The van der Waals surface area contributed by atoms with Gasteiger partial charge in [-0.25, -0.2) is 0 Å². The topological polar surface area (TPSA) is 112 Å². The van der Waals surface area contributed by atoms with Gasteiger partial charge in [0.05, 0.1) is 0 Å². The molecule has 0 amide bonds. The third-order valence-corrected chi connectivity index (χ3v) is 0. The third kappa shape index (κ3) is 508. The van der Waals surface area contributed by atoms with Gasteiger partial charge in [0, 0.05) is 0 Å². The van der Waals surface area contributed by atoms with Crippen LogP contribution >= 0.6 is 0 Å². The zero-order chi connectivity index (χ0) is 6.50. The van der Waals surface area contributed by atoms with Gasteiger partial charge in [-0.2, -0.15) is 0 Å². The average Bonchev–Trinajstić information content (AvgIpc) is 1.36. The van der Waals surface area contributed by atoms with Crippen molar-refractivity contribution in [1.29, 1.82) is 0 Å². The molecular formula is HNiO5Si. The Bertz CT molecular complexity index is 23.6. The Morgan fingerprint density at radius 2 is 1.00 bits per heavy atom. The van der Waals surface area contributed by atoms with Crippen LogP contribution in [0.15, 0.2) is 0 Å². The van der Waals surface area contributed by atoms with Crippen molar-refractivity contribution in [2.75, 3.05) is 0 Å². The van der Waals surface area contributed by atoms with E-state index in [0.717, 1.165) is 0 Å². The van der Waals surface area contributed by atoms with Crippen LogP contribution in [0.1, 0.15) is 0 Å². The van der Waals surface area contributed by atoms with Crippen molar-refractivity contribution in [3.63, 3.8) is 0 Å². The minimum atomic E-state index is -5.61. The van der Waals surface area contributed by atoms with Crippen LogP contribution < -0.4 is 19.2 Å². The van der Waals surface area contributed by atoms with Crippen LogP contribution in [0.5, 0.6) is 0 Å². The molecule has 0 radical (unpaired) electrons. The quantitative estimate of drug-likeness (QED) is 0.362. The summed E-state index contributed by atoms with van der Waals surface area (Å²) in [4.78, 5) is 34.3. The minimum absolute atomic E-state index is 2.88. The van der Waals surface area contributed by atoms with Crippen molar-refractivity contribution in [1.82, 2.24) is 0 Å². The Morgan fingerprint density at radius 1 is 1.00 bits per heavy atom. The maximum absolute atomic E-state index is 8.58. The fourth-order valence-corrected chi connectivity index (χ4v) is 0. The molecule has 0 aromatic heterocycles. The van der Waals surface area contributed by atoms with E-state index in [1.54, 1.807) is 0 Å². The normalized spacial score (nSPS) is 9.29. The van der Waals surface area contributed by atoms with Crippen molar-refractivity contribution in [2.45, 2.75) is 0 Å². The second-order valence-electron chi connectivity index (χ2n) is 0.500. The Kier molecular flexibility index (Phi) is 6.99. The standard InChI is InChI=1S/Ni.O4Si.H2O/c;1-5(2,3)4;/h;;1H2/q+5;-4;/p-1. The van der Waals surface area contributed by atoms with Crippen LogP contribution in [0, 0.1) is 0 Å². The number of rotatable bonds is 0. The second-order valence-corrected chi connectivity index (χ2v) is 1.50. The molecular weight excluding hydrogens is 167 g/mol. The van der Waals surface area contributed by atoms with E-state index in [4.69, 9.17) is 23.4 Å². The van der Waals surface area contributed by atoms with Gasteiger partial charge in [0.25, 0.3) is 0 Å². The average molecular weight is 168 g/mol. The van der Waals surface area contributed by atoms with E-state index in [0.29, 0.717) is 0 Å². The summed E-state index contributed by atoms with van der Waals surface area (Å²) in [7, 11) is -5.61. The van der Waals surface area contributed by atoms with Crippen LogP contribution in [0.4, 0.5) is 0 Å². The zero-order valence-electron chi connectivity index (χ0n) is 2.90. The molecule has 7 heteroatoms. The van der Waals surface area contributed by atoms with E-state index >= 15 is 0 Å². The molecule has 0 heterocycles. The van der Waals surface area contributed by atoms with E-state index in [1.807, 2.05) is 0 Å². The fraction of sp³-hybridized carbons (Fsp3) is 0. The Morgan fingerprint density at radius 3 is 1.00 bits per heavy atom. The summed E-state index contributed by atoms with van der Waals surface area (Å²) < 4.78 is 6.62. The van der Waals surface area contributed by atoms with Gasteiger partial charge < -0.3 is 28.2 Å². The first kappa shape index (κ1) is 10.5. The molecule has 45 valence electrons. The Balaban J connectivity index is 0. The second kappa shape index (κ2) is 4.66. The summed E-state index contributed by atoms with van der Waals surface area (Å²) >= 11 is 2.88. The SMILES string of the molecule is [O-][Si]([O-])([O-])[O-].[OH][Ni+4]. The summed E-state index contributed by atoms with van der Waals surface area (Å²) in [5.41, 5.74) is 0. The van der Waals surface area contributed by atoms with Gasteiger partial charge in [-0.1, -0.05) is 0 Å². The molecule has 0 aliphatic heterocycles. The van der Waals surface area contributed by atoms with Crippen LogP contribution in [-0.2, 0) is 15.8 Å². The van der Waals surface area contributed by atoms with Crippen molar-refractivity contribution >= 4 is 9.05 Å². The molecule has 0 aliphatic carbocycles. The van der Waals surface area contributed by atoms with Gasteiger partial charge in [-0.3, -0.25) is 0 Å². The van der Waals surface area contributed by atoms with E-state index in [-0.39, 0.29) is 0 Å². The van der Waals surface area contributed by atoms with Crippen molar-refractivity contribution in [2.24, 2.45) is 0 Å². The van der Waals surface area contributed by atoms with Gasteiger partial charge in [-0.15, -0.1) is 0 Å². The molecule has 0 bridgehead atoms.